The fourth-order valence-electron chi connectivity index (χ4n) is 2.56. The van der Waals surface area contributed by atoms with E-state index in [2.05, 4.69) is 33.0 Å². The third kappa shape index (κ3) is 4.76. The lowest BCUT2D eigenvalue weighted by Gasteiger charge is -2.26. The largest absolute Gasteiger partial charge is 0.385 e. The van der Waals surface area contributed by atoms with Crippen molar-refractivity contribution in [2.45, 2.75) is 47.5 Å². The van der Waals surface area contributed by atoms with Crippen LogP contribution in [0.1, 0.15) is 56.5 Å². The monoisotopic (exact) mass is 290 g/mol. The minimum atomic E-state index is 0.143. The molecule has 0 bridgehead atoms. The number of benzene rings is 1. The van der Waals surface area contributed by atoms with E-state index in [9.17, 15) is 4.79 Å². The van der Waals surface area contributed by atoms with Gasteiger partial charge in [-0.1, -0.05) is 38.3 Å². The number of rotatable bonds is 8. The average molecular weight is 290 g/mol. The summed E-state index contributed by atoms with van der Waals surface area (Å²) >= 11 is 0. The average Bonchev–Trinajstić information content (AvgIpc) is 2.50. The summed E-state index contributed by atoms with van der Waals surface area (Å²) in [6.45, 7) is 13.0. The van der Waals surface area contributed by atoms with Crippen molar-refractivity contribution in [2.75, 3.05) is 25.0 Å². The zero-order valence-corrected chi connectivity index (χ0v) is 14.2. The number of anilines is 1. The highest BCUT2D eigenvalue weighted by atomic mass is 16.2. The molecule has 0 atom stereocenters. The molecule has 0 radical (unpaired) electrons. The van der Waals surface area contributed by atoms with E-state index in [4.69, 9.17) is 0 Å². The number of carbonyl (C=O) groups excluding carboxylic acids is 1. The lowest BCUT2D eigenvalue weighted by Crippen LogP contribution is -2.35. The molecular weight excluding hydrogens is 260 g/mol. The highest BCUT2D eigenvalue weighted by Crippen LogP contribution is 2.21. The number of nitrogens with zero attached hydrogens (tertiary/aromatic N) is 1. The van der Waals surface area contributed by atoms with Gasteiger partial charge in [0.2, 0.25) is 0 Å². The predicted octanol–water partition coefficient (Wildman–Crippen LogP) is 4.33. The second-order valence-electron chi connectivity index (χ2n) is 5.61. The summed E-state index contributed by atoms with van der Waals surface area (Å²) in [5.41, 5.74) is 2.86. The van der Waals surface area contributed by atoms with E-state index in [1.807, 2.05) is 30.0 Å². The normalized spacial score (nSPS) is 10.8. The summed E-state index contributed by atoms with van der Waals surface area (Å²) in [6.07, 6.45) is 2.24. The van der Waals surface area contributed by atoms with Gasteiger partial charge in [-0.25, -0.2) is 0 Å². The number of amides is 1. The van der Waals surface area contributed by atoms with Gasteiger partial charge in [0, 0.05) is 25.3 Å². The zero-order chi connectivity index (χ0) is 15.8. The van der Waals surface area contributed by atoms with Crippen molar-refractivity contribution < 1.29 is 4.79 Å². The van der Waals surface area contributed by atoms with Crippen LogP contribution in [-0.2, 0) is 0 Å². The van der Waals surface area contributed by atoms with Crippen LogP contribution in [0.3, 0.4) is 0 Å². The number of carbonyl (C=O) groups is 1. The second-order valence-corrected chi connectivity index (χ2v) is 5.61. The van der Waals surface area contributed by atoms with E-state index < -0.39 is 0 Å². The van der Waals surface area contributed by atoms with Crippen LogP contribution in [0.5, 0.6) is 0 Å². The van der Waals surface area contributed by atoms with Crippen LogP contribution in [-0.4, -0.2) is 30.4 Å². The Balaban J connectivity index is 3.01. The van der Waals surface area contributed by atoms with Gasteiger partial charge in [0.15, 0.2) is 0 Å². The van der Waals surface area contributed by atoms with Crippen LogP contribution in [0.15, 0.2) is 18.2 Å². The summed E-state index contributed by atoms with van der Waals surface area (Å²) in [4.78, 5) is 14.9. The molecule has 1 aromatic rings. The second kappa shape index (κ2) is 8.71. The fourth-order valence-corrected chi connectivity index (χ4v) is 2.56. The molecule has 1 N–H and O–H groups in total. The highest BCUT2D eigenvalue weighted by molar-refractivity contribution is 5.99. The SMILES string of the molecule is CCNc1ccc(C)cc1C(=O)N(CC)CC(CC)CC. The van der Waals surface area contributed by atoms with Crippen LogP contribution in [0.2, 0.25) is 0 Å². The topological polar surface area (TPSA) is 32.3 Å². The van der Waals surface area contributed by atoms with E-state index in [0.29, 0.717) is 5.92 Å². The molecule has 0 saturated carbocycles. The molecule has 0 fully saturated rings. The smallest absolute Gasteiger partial charge is 0.255 e. The summed E-state index contributed by atoms with van der Waals surface area (Å²) < 4.78 is 0. The Labute approximate surface area is 129 Å². The number of nitrogens with one attached hydrogen (secondary N) is 1. The summed E-state index contributed by atoms with van der Waals surface area (Å²) in [7, 11) is 0. The standard InChI is InChI=1S/C18H30N2O/c1-6-15(7-2)13-20(9-4)18(21)16-12-14(5)10-11-17(16)19-8-3/h10-12,15,19H,6-9,13H2,1-5H3. The Hall–Kier alpha value is -1.51. The molecule has 0 aliphatic heterocycles. The lowest BCUT2D eigenvalue weighted by atomic mass is 10.0. The summed E-state index contributed by atoms with van der Waals surface area (Å²) in [5, 5.41) is 3.30. The quantitative estimate of drug-likeness (QED) is 0.773. The maximum absolute atomic E-state index is 12.9. The molecule has 0 aliphatic rings. The van der Waals surface area contributed by atoms with Crippen LogP contribution in [0.4, 0.5) is 5.69 Å². The first-order valence-electron chi connectivity index (χ1n) is 8.20. The fraction of sp³-hybridized carbons (Fsp3) is 0.611. The van der Waals surface area contributed by atoms with Crippen molar-refractivity contribution in [3.8, 4) is 0 Å². The molecule has 1 rings (SSSR count). The Kier molecular flexibility index (Phi) is 7.27. The Morgan fingerprint density at radius 2 is 1.86 bits per heavy atom. The van der Waals surface area contributed by atoms with Crippen LogP contribution >= 0.6 is 0 Å². The van der Waals surface area contributed by atoms with Gasteiger partial charge in [0.25, 0.3) is 5.91 Å². The van der Waals surface area contributed by atoms with Crippen molar-refractivity contribution in [3.63, 3.8) is 0 Å². The van der Waals surface area contributed by atoms with Gasteiger partial charge in [0.05, 0.1) is 5.56 Å². The highest BCUT2D eigenvalue weighted by Gasteiger charge is 2.20. The molecule has 0 spiro atoms. The Bertz CT molecular complexity index is 453. The molecule has 0 aliphatic carbocycles. The lowest BCUT2D eigenvalue weighted by molar-refractivity contribution is 0.0736. The molecule has 0 aromatic heterocycles. The number of hydrogen-bond acceptors (Lipinski definition) is 2. The maximum Gasteiger partial charge on any atom is 0.255 e. The van der Waals surface area contributed by atoms with Crippen molar-refractivity contribution >= 4 is 11.6 Å². The molecule has 1 aromatic carbocycles. The summed E-state index contributed by atoms with van der Waals surface area (Å²) in [5.74, 6) is 0.727. The van der Waals surface area contributed by atoms with Crippen LogP contribution in [0, 0.1) is 12.8 Å². The van der Waals surface area contributed by atoms with E-state index in [-0.39, 0.29) is 5.91 Å². The minimum Gasteiger partial charge on any atom is -0.385 e. The predicted molar refractivity (Wildman–Crippen MR) is 91.0 cm³/mol. The first kappa shape index (κ1) is 17.5. The molecule has 3 heteroatoms. The van der Waals surface area contributed by atoms with Crippen molar-refractivity contribution in [1.29, 1.82) is 0 Å². The van der Waals surface area contributed by atoms with E-state index in [1.54, 1.807) is 0 Å². The Morgan fingerprint density at radius 1 is 1.19 bits per heavy atom. The third-order valence-corrected chi connectivity index (χ3v) is 4.07. The van der Waals surface area contributed by atoms with Gasteiger partial charge in [-0.2, -0.15) is 0 Å². The van der Waals surface area contributed by atoms with Crippen LogP contribution in [0.25, 0.3) is 0 Å². The van der Waals surface area contributed by atoms with Crippen molar-refractivity contribution in [3.05, 3.63) is 29.3 Å². The van der Waals surface area contributed by atoms with Crippen LogP contribution < -0.4 is 5.32 Å². The van der Waals surface area contributed by atoms with Gasteiger partial charge in [0.1, 0.15) is 0 Å². The molecular formula is C18H30N2O. The van der Waals surface area contributed by atoms with Gasteiger partial charge in [-0.15, -0.1) is 0 Å². The molecule has 118 valence electrons. The van der Waals surface area contributed by atoms with Crippen molar-refractivity contribution in [2.24, 2.45) is 5.92 Å². The van der Waals surface area contributed by atoms with Crippen molar-refractivity contribution in [1.82, 2.24) is 4.90 Å². The molecule has 0 heterocycles. The molecule has 21 heavy (non-hydrogen) atoms. The number of aryl methyl sites for hydroxylation is 1. The number of hydrogen-bond donors (Lipinski definition) is 1. The van der Waals surface area contributed by atoms with Gasteiger partial charge >= 0.3 is 0 Å². The molecule has 3 nitrogen and oxygen atoms in total. The minimum absolute atomic E-state index is 0.143. The van der Waals surface area contributed by atoms with E-state index >= 15 is 0 Å². The van der Waals surface area contributed by atoms with Gasteiger partial charge in [-0.3, -0.25) is 4.79 Å². The third-order valence-electron chi connectivity index (χ3n) is 4.07. The molecule has 1 amide bonds. The first-order valence-corrected chi connectivity index (χ1v) is 8.20. The maximum atomic E-state index is 12.9. The van der Waals surface area contributed by atoms with Gasteiger partial charge < -0.3 is 10.2 Å². The van der Waals surface area contributed by atoms with E-state index in [1.165, 1.54) is 0 Å². The molecule has 0 saturated heterocycles. The molecule has 0 unspecified atom stereocenters. The Morgan fingerprint density at radius 3 is 2.38 bits per heavy atom. The van der Waals surface area contributed by atoms with E-state index in [0.717, 1.165) is 49.3 Å². The summed E-state index contributed by atoms with van der Waals surface area (Å²) in [6, 6.07) is 6.05. The van der Waals surface area contributed by atoms with Gasteiger partial charge in [-0.05, 0) is 38.8 Å². The zero-order valence-electron chi connectivity index (χ0n) is 14.2. The first-order chi connectivity index (χ1) is 10.1.